The molecule has 4 nitrogen and oxygen atoms in total. The van der Waals surface area contributed by atoms with E-state index in [0.717, 1.165) is 16.5 Å². The number of carbonyl (C=O) groups is 2. The average Bonchev–Trinajstić information content (AvgIpc) is 2.53. The summed E-state index contributed by atoms with van der Waals surface area (Å²) in [6, 6.07) is 14.8. The lowest BCUT2D eigenvalue weighted by atomic mass is 10.0. The lowest BCUT2D eigenvalue weighted by Gasteiger charge is -2.14. The third-order valence-electron chi connectivity index (χ3n) is 3.71. The Hall–Kier alpha value is -2.14. The van der Waals surface area contributed by atoms with Gasteiger partial charge in [0, 0.05) is 16.9 Å². The van der Waals surface area contributed by atoms with Crippen molar-refractivity contribution in [3.05, 3.63) is 69.7 Å². The molecule has 1 atom stereocenters. The predicted molar refractivity (Wildman–Crippen MR) is 97.2 cm³/mol. The first-order valence-corrected chi connectivity index (χ1v) is 8.60. The highest BCUT2D eigenvalue weighted by atomic mass is 79.9. The van der Waals surface area contributed by atoms with Gasteiger partial charge >= 0.3 is 5.97 Å². The molecule has 2 N–H and O–H groups in total. The number of halogens is 1. The number of rotatable bonds is 7. The van der Waals surface area contributed by atoms with Crippen LogP contribution in [0.1, 0.15) is 34.8 Å². The standard InChI is InChI=1S/C19H20BrNO3/c1-13(11-14-5-4-7-16(20)12-14)21-18(22)10-9-15-6-2-3-8-17(15)19(23)24/h2-8,12-13H,9-11H2,1H3,(H,21,22)(H,23,24). The molecule has 0 aliphatic rings. The SMILES string of the molecule is CC(Cc1cccc(Br)c1)NC(=O)CCc1ccccc1C(=O)O. The Morgan fingerprint density at radius 2 is 1.92 bits per heavy atom. The van der Waals surface area contributed by atoms with Crippen molar-refractivity contribution in [2.75, 3.05) is 0 Å². The van der Waals surface area contributed by atoms with E-state index >= 15 is 0 Å². The Labute approximate surface area is 150 Å². The number of amides is 1. The third kappa shape index (κ3) is 5.49. The molecule has 0 aliphatic carbocycles. The highest BCUT2D eigenvalue weighted by Gasteiger charge is 2.12. The number of carboxylic acid groups (broad SMARTS) is 1. The van der Waals surface area contributed by atoms with Crippen molar-refractivity contribution in [2.45, 2.75) is 32.2 Å². The van der Waals surface area contributed by atoms with E-state index in [-0.39, 0.29) is 23.9 Å². The number of carbonyl (C=O) groups excluding carboxylic acids is 1. The van der Waals surface area contributed by atoms with E-state index in [4.69, 9.17) is 5.11 Å². The summed E-state index contributed by atoms with van der Waals surface area (Å²) in [6.45, 7) is 1.96. The fourth-order valence-electron chi connectivity index (χ4n) is 2.61. The summed E-state index contributed by atoms with van der Waals surface area (Å²) in [6.07, 6.45) is 1.43. The van der Waals surface area contributed by atoms with Crippen LogP contribution in [0.5, 0.6) is 0 Å². The second kappa shape index (κ2) is 8.64. The monoisotopic (exact) mass is 389 g/mol. The number of aromatic carboxylic acids is 1. The van der Waals surface area contributed by atoms with E-state index in [1.165, 1.54) is 0 Å². The van der Waals surface area contributed by atoms with Gasteiger partial charge in [0.25, 0.3) is 0 Å². The maximum atomic E-state index is 12.1. The Balaban J connectivity index is 1.86. The highest BCUT2D eigenvalue weighted by Crippen LogP contribution is 2.14. The summed E-state index contributed by atoms with van der Waals surface area (Å²) >= 11 is 3.44. The number of carboxylic acids is 1. The van der Waals surface area contributed by atoms with Crippen LogP contribution >= 0.6 is 15.9 Å². The van der Waals surface area contributed by atoms with Crippen molar-refractivity contribution in [2.24, 2.45) is 0 Å². The molecule has 0 aromatic heterocycles. The quantitative estimate of drug-likeness (QED) is 0.755. The van der Waals surface area contributed by atoms with E-state index in [9.17, 15) is 9.59 Å². The Kier molecular flexibility index (Phi) is 6.55. The molecule has 5 heteroatoms. The van der Waals surface area contributed by atoms with Gasteiger partial charge in [-0.05, 0) is 49.1 Å². The molecule has 0 spiro atoms. The van der Waals surface area contributed by atoms with Crippen LogP contribution in [-0.2, 0) is 17.6 Å². The number of aryl methyl sites for hydroxylation is 1. The third-order valence-corrected chi connectivity index (χ3v) is 4.20. The van der Waals surface area contributed by atoms with E-state index in [0.29, 0.717) is 12.0 Å². The predicted octanol–water partition coefficient (Wildman–Crippen LogP) is 3.83. The van der Waals surface area contributed by atoms with E-state index in [1.807, 2.05) is 31.2 Å². The zero-order valence-electron chi connectivity index (χ0n) is 13.5. The molecular weight excluding hydrogens is 370 g/mol. The highest BCUT2D eigenvalue weighted by molar-refractivity contribution is 9.10. The van der Waals surface area contributed by atoms with Gasteiger partial charge < -0.3 is 10.4 Å². The average molecular weight is 390 g/mol. The van der Waals surface area contributed by atoms with Crippen LogP contribution in [0, 0.1) is 0 Å². The molecule has 0 aliphatic heterocycles. The number of hydrogen-bond acceptors (Lipinski definition) is 2. The number of nitrogens with one attached hydrogen (secondary N) is 1. The Morgan fingerprint density at radius 1 is 1.17 bits per heavy atom. The molecule has 0 saturated carbocycles. The number of hydrogen-bond donors (Lipinski definition) is 2. The van der Waals surface area contributed by atoms with E-state index in [2.05, 4.69) is 21.2 Å². The topological polar surface area (TPSA) is 66.4 Å². The van der Waals surface area contributed by atoms with Crippen LogP contribution in [0.15, 0.2) is 53.0 Å². The molecule has 2 aromatic carbocycles. The lowest BCUT2D eigenvalue weighted by Crippen LogP contribution is -2.34. The Bertz CT molecular complexity index is 730. The first kappa shape index (κ1) is 18.2. The minimum absolute atomic E-state index is 0.0153. The summed E-state index contributed by atoms with van der Waals surface area (Å²) in [5.74, 6) is -1.04. The lowest BCUT2D eigenvalue weighted by molar-refractivity contribution is -0.121. The van der Waals surface area contributed by atoms with Crippen molar-refractivity contribution in [1.82, 2.24) is 5.32 Å². The molecule has 0 radical (unpaired) electrons. The molecular formula is C19H20BrNO3. The summed E-state index contributed by atoms with van der Waals surface area (Å²) in [5.41, 5.74) is 2.08. The van der Waals surface area contributed by atoms with Crippen molar-refractivity contribution in [3.8, 4) is 0 Å². The minimum Gasteiger partial charge on any atom is -0.478 e. The second-order valence-electron chi connectivity index (χ2n) is 5.76. The van der Waals surface area contributed by atoms with Gasteiger partial charge in [0.15, 0.2) is 0 Å². The molecule has 0 bridgehead atoms. The molecule has 126 valence electrons. The normalized spacial score (nSPS) is 11.8. The maximum Gasteiger partial charge on any atom is 0.335 e. The van der Waals surface area contributed by atoms with Crippen LogP contribution in [0.4, 0.5) is 0 Å². The molecule has 2 rings (SSSR count). The van der Waals surface area contributed by atoms with Crippen LogP contribution in [0.25, 0.3) is 0 Å². The van der Waals surface area contributed by atoms with Gasteiger partial charge in [0.05, 0.1) is 5.56 Å². The molecule has 2 aromatic rings. The van der Waals surface area contributed by atoms with Crippen molar-refractivity contribution < 1.29 is 14.7 Å². The van der Waals surface area contributed by atoms with Crippen LogP contribution in [0.2, 0.25) is 0 Å². The summed E-state index contributed by atoms with van der Waals surface area (Å²) < 4.78 is 1.02. The van der Waals surface area contributed by atoms with Crippen LogP contribution in [0.3, 0.4) is 0 Å². The molecule has 1 amide bonds. The van der Waals surface area contributed by atoms with Gasteiger partial charge in [-0.3, -0.25) is 4.79 Å². The van der Waals surface area contributed by atoms with E-state index in [1.54, 1.807) is 24.3 Å². The molecule has 0 fully saturated rings. The second-order valence-corrected chi connectivity index (χ2v) is 6.68. The number of benzene rings is 2. The summed E-state index contributed by atoms with van der Waals surface area (Å²) in [7, 11) is 0. The maximum absolute atomic E-state index is 12.1. The smallest absolute Gasteiger partial charge is 0.335 e. The fourth-order valence-corrected chi connectivity index (χ4v) is 3.06. The van der Waals surface area contributed by atoms with Gasteiger partial charge in [-0.25, -0.2) is 4.79 Å². The zero-order chi connectivity index (χ0) is 17.5. The van der Waals surface area contributed by atoms with Crippen molar-refractivity contribution in [3.63, 3.8) is 0 Å². The van der Waals surface area contributed by atoms with Gasteiger partial charge in [-0.15, -0.1) is 0 Å². The van der Waals surface area contributed by atoms with Gasteiger partial charge in [0.2, 0.25) is 5.91 Å². The summed E-state index contributed by atoms with van der Waals surface area (Å²) in [4.78, 5) is 23.3. The van der Waals surface area contributed by atoms with Gasteiger partial charge in [0.1, 0.15) is 0 Å². The Morgan fingerprint density at radius 3 is 2.62 bits per heavy atom. The van der Waals surface area contributed by atoms with Crippen LogP contribution < -0.4 is 5.32 Å². The molecule has 24 heavy (non-hydrogen) atoms. The van der Waals surface area contributed by atoms with Crippen molar-refractivity contribution >= 4 is 27.8 Å². The van der Waals surface area contributed by atoms with Gasteiger partial charge in [-0.2, -0.15) is 0 Å². The minimum atomic E-state index is -0.964. The van der Waals surface area contributed by atoms with Crippen LogP contribution in [-0.4, -0.2) is 23.0 Å². The van der Waals surface area contributed by atoms with Gasteiger partial charge in [-0.1, -0.05) is 46.3 Å². The first-order chi connectivity index (χ1) is 11.5. The molecule has 0 saturated heterocycles. The molecule has 1 unspecified atom stereocenters. The summed E-state index contributed by atoms with van der Waals surface area (Å²) in [5, 5.41) is 12.1. The van der Waals surface area contributed by atoms with Crippen molar-refractivity contribution in [1.29, 1.82) is 0 Å². The zero-order valence-corrected chi connectivity index (χ0v) is 15.0. The largest absolute Gasteiger partial charge is 0.478 e. The fraction of sp³-hybridized carbons (Fsp3) is 0.263. The van der Waals surface area contributed by atoms with E-state index < -0.39 is 5.97 Å². The molecule has 0 heterocycles. The first-order valence-electron chi connectivity index (χ1n) is 7.80.